The number of esters is 1. The summed E-state index contributed by atoms with van der Waals surface area (Å²) in [7, 11) is -4.17. The monoisotopic (exact) mass is 474 g/mol. The summed E-state index contributed by atoms with van der Waals surface area (Å²) in [6.07, 6.45) is 22.1. The van der Waals surface area contributed by atoms with Crippen LogP contribution in [-0.4, -0.2) is 41.9 Å². The highest BCUT2D eigenvalue weighted by molar-refractivity contribution is 7.47. The largest absolute Gasteiger partial charge is 0.472 e. The molecule has 0 aliphatic rings. The van der Waals surface area contributed by atoms with Crippen LogP contribution in [0, 0.1) is 0 Å². The molecule has 0 amide bonds. The van der Waals surface area contributed by atoms with E-state index < -0.39 is 26.5 Å². The highest BCUT2D eigenvalue weighted by Gasteiger charge is 2.22. The van der Waals surface area contributed by atoms with Crippen molar-refractivity contribution in [2.24, 2.45) is 0 Å². The van der Waals surface area contributed by atoms with Gasteiger partial charge in [0.15, 0.2) is 0 Å². The van der Waals surface area contributed by atoms with Crippen molar-refractivity contribution < 1.29 is 33.1 Å². The van der Waals surface area contributed by atoms with Crippen molar-refractivity contribution in [2.45, 2.75) is 90.6 Å². The lowest BCUT2D eigenvalue weighted by atomic mass is 10.1. The van der Waals surface area contributed by atoms with E-state index in [1.807, 2.05) is 0 Å². The number of phosphoric ester groups is 1. The number of unbranched alkanes of at least 4 members (excludes halogenated alkanes) is 5. The second-order valence-electron chi connectivity index (χ2n) is 7.56. The van der Waals surface area contributed by atoms with Gasteiger partial charge in [-0.2, -0.15) is 0 Å². The topological polar surface area (TPSA) is 102 Å². The fourth-order valence-electron chi connectivity index (χ4n) is 2.56. The Kier molecular flexibility index (Phi) is 20.8. The van der Waals surface area contributed by atoms with E-state index in [1.165, 1.54) is 25.7 Å². The smallest absolute Gasteiger partial charge is 0.463 e. The number of phosphoric acid groups is 1. The highest BCUT2D eigenvalue weighted by atomic mass is 31.2. The minimum absolute atomic E-state index is 0.0849. The van der Waals surface area contributed by atoms with Crippen molar-refractivity contribution in [2.75, 3.05) is 19.8 Å². The normalized spacial score (nSPS) is 15.0. The maximum Gasteiger partial charge on any atom is 0.472 e. The van der Waals surface area contributed by atoms with Crippen molar-refractivity contribution in [1.29, 1.82) is 0 Å². The van der Waals surface area contributed by atoms with Gasteiger partial charge in [-0.15, -0.1) is 0 Å². The lowest BCUT2D eigenvalue weighted by Gasteiger charge is -2.15. The minimum atomic E-state index is -4.17. The first-order valence-electron chi connectivity index (χ1n) is 11.8. The van der Waals surface area contributed by atoms with Crippen LogP contribution in [-0.2, 0) is 23.1 Å². The average Bonchev–Trinajstić information content (AvgIpc) is 2.77. The Balaban J connectivity index is 3.64. The number of carbonyl (C=O) groups excluding carboxylic acids is 1. The van der Waals surface area contributed by atoms with Crippen molar-refractivity contribution in [3.05, 3.63) is 36.5 Å². The van der Waals surface area contributed by atoms with Crippen LogP contribution in [0.4, 0.5) is 0 Å². The zero-order chi connectivity index (χ0) is 23.9. The van der Waals surface area contributed by atoms with Crippen molar-refractivity contribution in [3.8, 4) is 0 Å². The molecule has 0 saturated carbocycles. The molecule has 2 atom stereocenters. The van der Waals surface area contributed by atoms with Crippen LogP contribution in [0.2, 0.25) is 0 Å². The zero-order valence-electron chi connectivity index (χ0n) is 19.8. The van der Waals surface area contributed by atoms with Crippen molar-refractivity contribution in [3.63, 3.8) is 0 Å². The molecule has 32 heavy (non-hydrogen) atoms. The summed E-state index contributed by atoms with van der Waals surface area (Å²) in [5.74, 6) is -0.409. The number of hydrogen-bond donors (Lipinski definition) is 2. The molecule has 0 aromatic rings. The molecule has 7 nitrogen and oxygen atoms in total. The minimum Gasteiger partial charge on any atom is -0.463 e. The average molecular weight is 475 g/mol. The molecule has 0 aromatic heterocycles. The van der Waals surface area contributed by atoms with E-state index in [-0.39, 0.29) is 19.6 Å². The molecule has 186 valence electrons. The molecule has 0 saturated heterocycles. The first-order valence-corrected chi connectivity index (χ1v) is 13.3. The Labute approximate surface area is 194 Å². The van der Waals surface area contributed by atoms with Crippen molar-refractivity contribution >= 4 is 13.8 Å². The number of rotatable bonds is 21. The molecule has 2 unspecified atom stereocenters. The van der Waals surface area contributed by atoms with E-state index in [0.717, 1.165) is 25.7 Å². The van der Waals surface area contributed by atoms with Crippen LogP contribution in [0.15, 0.2) is 36.5 Å². The molecule has 0 bridgehead atoms. The van der Waals surface area contributed by atoms with Crippen molar-refractivity contribution in [1.82, 2.24) is 0 Å². The second-order valence-corrected chi connectivity index (χ2v) is 9.02. The number of aliphatic hydroxyl groups is 1. The lowest BCUT2D eigenvalue weighted by molar-refractivity contribution is -0.147. The maximum atomic E-state index is 11.7. The third-order valence-corrected chi connectivity index (χ3v) is 5.33. The Morgan fingerprint density at radius 1 is 0.844 bits per heavy atom. The van der Waals surface area contributed by atoms with Gasteiger partial charge < -0.3 is 14.7 Å². The van der Waals surface area contributed by atoms with Gasteiger partial charge in [0.2, 0.25) is 0 Å². The summed E-state index contributed by atoms with van der Waals surface area (Å²) in [6, 6.07) is 0. The molecular formula is C24H43O7P. The summed E-state index contributed by atoms with van der Waals surface area (Å²) in [5.41, 5.74) is 0. The molecule has 0 aliphatic heterocycles. The van der Waals surface area contributed by atoms with E-state index >= 15 is 0 Å². The van der Waals surface area contributed by atoms with Gasteiger partial charge in [0.1, 0.15) is 12.7 Å². The fraction of sp³-hybridized carbons (Fsp3) is 0.708. The van der Waals surface area contributed by atoms with Crippen LogP contribution in [0.5, 0.6) is 0 Å². The third kappa shape index (κ3) is 22.0. The van der Waals surface area contributed by atoms with Gasteiger partial charge >= 0.3 is 13.8 Å². The highest BCUT2D eigenvalue weighted by Crippen LogP contribution is 2.43. The third-order valence-electron chi connectivity index (χ3n) is 4.35. The van der Waals surface area contributed by atoms with E-state index in [2.05, 4.69) is 52.4 Å². The van der Waals surface area contributed by atoms with E-state index in [4.69, 9.17) is 4.74 Å². The van der Waals surface area contributed by atoms with Gasteiger partial charge in [0.25, 0.3) is 0 Å². The summed E-state index contributed by atoms with van der Waals surface area (Å²) in [4.78, 5) is 21.0. The molecule has 0 aliphatic carbocycles. The van der Waals surface area contributed by atoms with Gasteiger partial charge in [-0.05, 0) is 51.4 Å². The van der Waals surface area contributed by atoms with Gasteiger partial charge in [0, 0.05) is 6.42 Å². The number of hydrogen-bond acceptors (Lipinski definition) is 6. The molecular weight excluding hydrogens is 431 g/mol. The summed E-state index contributed by atoms with van der Waals surface area (Å²) >= 11 is 0. The maximum absolute atomic E-state index is 11.7. The van der Waals surface area contributed by atoms with Crippen LogP contribution in [0.3, 0.4) is 0 Å². The molecule has 0 radical (unpaired) electrons. The number of carbonyl (C=O) groups is 1. The number of allylic oxidation sites excluding steroid dienone is 6. The van der Waals surface area contributed by atoms with Crippen LogP contribution in [0.1, 0.15) is 84.5 Å². The van der Waals surface area contributed by atoms with Gasteiger partial charge in [0.05, 0.1) is 13.2 Å². The van der Waals surface area contributed by atoms with Gasteiger partial charge in [-0.3, -0.25) is 13.8 Å². The van der Waals surface area contributed by atoms with Crippen LogP contribution < -0.4 is 0 Å². The standard InChI is InChI=1S/C24H43O7P/c1-3-5-6-7-8-9-10-11-12-13-14-15-16-17-18-19-24(26)29-21-23(25)22-31-32(27,28)30-20-4-2/h8-9,11-12,14-15,23,25H,3-7,10,13,16-22H2,1-2H3,(H,27,28)/b9-8+,12-11+,15-14+. The predicted molar refractivity (Wildman–Crippen MR) is 128 cm³/mol. The first-order chi connectivity index (χ1) is 15.4. The zero-order valence-corrected chi connectivity index (χ0v) is 20.7. The van der Waals surface area contributed by atoms with E-state index in [1.54, 1.807) is 6.92 Å². The Bertz CT molecular complexity index is 587. The molecule has 0 spiro atoms. The predicted octanol–water partition coefficient (Wildman–Crippen LogP) is 6.02. The molecule has 0 aromatic carbocycles. The first kappa shape index (κ1) is 30.8. The summed E-state index contributed by atoms with van der Waals surface area (Å²) in [6.45, 7) is 3.36. The van der Waals surface area contributed by atoms with Gasteiger partial charge in [-0.1, -0.05) is 63.1 Å². The quantitative estimate of drug-likeness (QED) is 0.0907. The fourth-order valence-corrected chi connectivity index (χ4v) is 3.40. The van der Waals surface area contributed by atoms with E-state index in [9.17, 15) is 19.4 Å². The molecule has 8 heteroatoms. The Hall–Kier alpha value is -1.24. The summed E-state index contributed by atoms with van der Waals surface area (Å²) < 4.78 is 25.7. The molecule has 0 fully saturated rings. The second kappa shape index (κ2) is 21.6. The van der Waals surface area contributed by atoms with Crippen LogP contribution >= 0.6 is 7.82 Å². The van der Waals surface area contributed by atoms with E-state index in [0.29, 0.717) is 12.8 Å². The summed E-state index contributed by atoms with van der Waals surface area (Å²) in [5, 5.41) is 9.68. The Morgan fingerprint density at radius 3 is 2.03 bits per heavy atom. The number of aliphatic hydroxyl groups excluding tert-OH is 1. The molecule has 2 N–H and O–H groups in total. The Morgan fingerprint density at radius 2 is 1.44 bits per heavy atom. The van der Waals surface area contributed by atoms with Gasteiger partial charge in [-0.25, -0.2) is 4.57 Å². The lowest BCUT2D eigenvalue weighted by Crippen LogP contribution is -2.23. The van der Waals surface area contributed by atoms with Crippen LogP contribution in [0.25, 0.3) is 0 Å². The number of ether oxygens (including phenoxy) is 1. The SMILES string of the molecule is CCCCC/C=C/C/C=C/C/C=C/CCCCC(=O)OCC(O)COP(=O)(O)OCCC. The molecule has 0 heterocycles. The molecule has 0 rings (SSSR count).